The normalized spacial score (nSPS) is 28.6. The molecule has 1 spiro atoms. The van der Waals surface area contributed by atoms with Gasteiger partial charge in [0.1, 0.15) is 5.75 Å². The summed E-state index contributed by atoms with van der Waals surface area (Å²) in [6.45, 7) is 1.67. The summed E-state index contributed by atoms with van der Waals surface area (Å²) >= 11 is 0. The van der Waals surface area contributed by atoms with E-state index in [2.05, 4.69) is 47.8 Å². The van der Waals surface area contributed by atoms with Crippen LogP contribution in [0, 0.1) is 0 Å². The third-order valence-corrected chi connectivity index (χ3v) is 7.17. The van der Waals surface area contributed by atoms with Crippen LogP contribution in [0.3, 0.4) is 0 Å². The van der Waals surface area contributed by atoms with Crippen LogP contribution in [0.5, 0.6) is 5.75 Å². The average Bonchev–Trinajstić information content (AvgIpc) is 3.19. The van der Waals surface area contributed by atoms with Gasteiger partial charge in [0.25, 0.3) is 0 Å². The van der Waals surface area contributed by atoms with Crippen LogP contribution < -0.4 is 15.0 Å². The Balaban J connectivity index is 1.41. The fourth-order valence-corrected chi connectivity index (χ4v) is 5.48. The zero-order valence-corrected chi connectivity index (χ0v) is 17.8. The number of amides is 1. The maximum absolute atomic E-state index is 12.2. The molecule has 3 heterocycles. The summed E-state index contributed by atoms with van der Waals surface area (Å²) in [5.74, 6) is 1.39. The van der Waals surface area contributed by atoms with Crippen molar-refractivity contribution >= 4 is 11.6 Å². The first-order valence-corrected chi connectivity index (χ1v) is 11.0. The highest BCUT2D eigenvalue weighted by atomic mass is 16.5. The molecule has 0 aliphatic carbocycles. The van der Waals surface area contributed by atoms with Crippen molar-refractivity contribution in [1.82, 2.24) is 5.32 Å². The topological polar surface area (TPSA) is 50.8 Å². The number of hydrogen-bond acceptors (Lipinski definition) is 4. The Morgan fingerprint density at radius 2 is 2.00 bits per heavy atom. The summed E-state index contributed by atoms with van der Waals surface area (Å²) in [7, 11) is 3.62. The second-order valence-electron chi connectivity index (χ2n) is 8.94. The Hall–Kier alpha value is -2.37. The van der Waals surface area contributed by atoms with E-state index in [0.717, 1.165) is 43.7 Å². The maximum atomic E-state index is 12.2. The van der Waals surface area contributed by atoms with Gasteiger partial charge in [-0.05, 0) is 55.5 Å². The van der Waals surface area contributed by atoms with Crippen LogP contribution in [0.25, 0.3) is 0 Å². The average molecular weight is 407 g/mol. The zero-order valence-electron chi connectivity index (χ0n) is 17.8. The lowest BCUT2D eigenvalue weighted by Gasteiger charge is -2.38. The molecule has 3 atom stereocenters. The van der Waals surface area contributed by atoms with Gasteiger partial charge in [0.2, 0.25) is 5.91 Å². The molecule has 5 nitrogen and oxygen atoms in total. The summed E-state index contributed by atoms with van der Waals surface area (Å²) in [6.07, 6.45) is 4.35. The van der Waals surface area contributed by atoms with E-state index in [0.29, 0.717) is 19.1 Å². The number of methoxy groups -OCH3 is 1. The summed E-state index contributed by atoms with van der Waals surface area (Å²) in [6, 6.07) is 15.3. The van der Waals surface area contributed by atoms with Gasteiger partial charge in [-0.15, -0.1) is 0 Å². The van der Waals surface area contributed by atoms with Crippen molar-refractivity contribution < 1.29 is 14.3 Å². The van der Waals surface area contributed by atoms with Crippen molar-refractivity contribution in [2.24, 2.45) is 0 Å². The van der Waals surface area contributed by atoms with Crippen LogP contribution in [-0.4, -0.2) is 38.8 Å². The van der Waals surface area contributed by atoms with E-state index < -0.39 is 0 Å². The third kappa shape index (κ3) is 3.40. The van der Waals surface area contributed by atoms with Gasteiger partial charge in [-0.25, -0.2) is 0 Å². The standard InChI is InChI=1S/C25H30N2O3/c1-27-22-13-20(23(29-2)12-18(22)8-9-24(27)28)19-14-25(30-16-19)10-11-26-21(15-25)17-6-4-3-5-7-17/h3-7,12-13,19,21,26H,8-11,14-16H2,1-2H3. The number of carbonyl (C=O) groups is 1. The Kier molecular flexibility index (Phi) is 5.03. The van der Waals surface area contributed by atoms with Crippen molar-refractivity contribution in [1.29, 1.82) is 0 Å². The monoisotopic (exact) mass is 406 g/mol. The first kappa shape index (κ1) is 19.6. The fourth-order valence-electron chi connectivity index (χ4n) is 5.48. The lowest BCUT2D eigenvalue weighted by molar-refractivity contribution is -0.118. The van der Waals surface area contributed by atoms with Gasteiger partial charge in [0, 0.05) is 36.7 Å². The SMILES string of the molecule is COc1cc2c(cc1C1COC3(CCNC(c4ccccc4)C3)C1)N(C)C(=O)CC2. The molecule has 2 fully saturated rings. The number of aryl methyl sites for hydroxylation is 1. The molecule has 2 aromatic rings. The molecule has 2 saturated heterocycles. The fraction of sp³-hybridized carbons (Fsp3) is 0.480. The highest BCUT2D eigenvalue weighted by Gasteiger charge is 2.45. The Morgan fingerprint density at radius 1 is 1.17 bits per heavy atom. The minimum atomic E-state index is -0.0982. The molecule has 3 aliphatic rings. The lowest BCUT2D eigenvalue weighted by Crippen LogP contribution is -2.43. The van der Waals surface area contributed by atoms with Gasteiger partial charge in [-0.3, -0.25) is 4.79 Å². The van der Waals surface area contributed by atoms with Gasteiger partial charge in [0.15, 0.2) is 0 Å². The zero-order chi connectivity index (χ0) is 20.7. The molecule has 5 heteroatoms. The van der Waals surface area contributed by atoms with Gasteiger partial charge < -0.3 is 19.7 Å². The minimum absolute atomic E-state index is 0.0982. The first-order chi connectivity index (χ1) is 14.6. The van der Waals surface area contributed by atoms with Crippen molar-refractivity contribution in [2.75, 3.05) is 32.2 Å². The molecular formula is C25H30N2O3. The third-order valence-electron chi connectivity index (χ3n) is 7.17. The maximum Gasteiger partial charge on any atom is 0.227 e. The van der Waals surface area contributed by atoms with Crippen molar-refractivity contribution in [3.63, 3.8) is 0 Å². The molecule has 0 saturated carbocycles. The second kappa shape index (κ2) is 7.71. The summed E-state index contributed by atoms with van der Waals surface area (Å²) in [5, 5.41) is 3.67. The molecule has 158 valence electrons. The number of nitrogens with zero attached hydrogens (tertiary/aromatic N) is 1. The molecule has 3 aliphatic heterocycles. The van der Waals surface area contributed by atoms with Crippen LogP contribution in [0.4, 0.5) is 5.69 Å². The Labute approximate surface area is 178 Å². The molecule has 5 rings (SSSR count). The molecule has 30 heavy (non-hydrogen) atoms. The van der Waals surface area contributed by atoms with Gasteiger partial charge in [-0.1, -0.05) is 30.3 Å². The lowest BCUT2D eigenvalue weighted by atomic mass is 9.79. The highest BCUT2D eigenvalue weighted by Crippen LogP contribution is 2.48. The van der Waals surface area contributed by atoms with Crippen LogP contribution in [-0.2, 0) is 16.0 Å². The number of carbonyl (C=O) groups excluding carboxylic acids is 1. The van der Waals surface area contributed by atoms with Gasteiger partial charge in [0.05, 0.1) is 19.3 Å². The number of fused-ring (bicyclic) bond motifs is 1. The van der Waals surface area contributed by atoms with Crippen LogP contribution >= 0.6 is 0 Å². The molecule has 0 radical (unpaired) electrons. The predicted molar refractivity (Wildman–Crippen MR) is 117 cm³/mol. The van der Waals surface area contributed by atoms with E-state index in [9.17, 15) is 4.79 Å². The number of ether oxygens (including phenoxy) is 2. The number of hydrogen-bond donors (Lipinski definition) is 1. The van der Waals surface area contributed by atoms with Crippen molar-refractivity contribution in [3.8, 4) is 5.75 Å². The van der Waals surface area contributed by atoms with E-state index in [1.807, 2.05) is 7.05 Å². The number of nitrogens with one attached hydrogen (secondary N) is 1. The smallest absolute Gasteiger partial charge is 0.227 e. The largest absolute Gasteiger partial charge is 0.496 e. The van der Waals surface area contributed by atoms with Crippen molar-refractivity contribution in [2.45, 2.75) is 49.7 Å². The summed E-state index contributed by atoms with van der Waals surface area (Å²) in [5.41, 5.74) is 4.62. The molecule has 1 N–H and O–H groups in total. The number of benzene rings is 2. The second-order valence-corrected chi connectivity index (χ2v) is 8.94. The van der Waals surface area contributed by atoms with Crippen LogP contribution in [0.2, 0.25) is 0 Å². The highest BCUT2D eigenvalue weighted by molar-refractivity contribution is 5.96. The quantitative estimate of drug-likeness (QED) is 0.838. The number of anilines is 1. The Morgan fingerprint density at radius 3 is 2.80 bits per heavy atom. The number of rotatable bonds is 3. The van der Waals surface area contributed by atoms with Gasteiger partial charge in [-0.2, -0.15) is 0 Å². The van der Waals surface area contributed by atoms with E-state index in [1.165, 1.54) is 16.7 Å². The molecule has 1 amide bonds. The first-order valence-electron chi connectivity index (χ1n) is 11.0. The van der Waals surface area contributed by atoms with Gasteiger partial charge >= 0.3 is 0 Å². The predicted octanol–water partition coefficient (Wildman–Crippen LogP) is 3.97. The summed E-state index contributed by atoms with van der Waals surface area (Å²) < 4.78 is 12.3. The molecule has 0 bridgehead atoms. The van der Waals surface area contributed by atoms with Crippen LogP contribution in [0.15, 0.2) is 42.5 Å². The Bertz CT molecular complexity index is 945. The minimum Gasteiger partial charge on any atom is -0.496 e. The van der Waals surface area contributed by atoms with E-state index in [4.69, 9.17) is 9.47 Å². The van der Waals surface area contributed by atoms with E-state index in [1.54, 1.807) is 12.0 Å². The molecule has 3 unspecified atom stereocenters. The number of piperidine rings is 1. The van der Waals surface area contributed by atoms with E-state index >= 15 is 0 Å². The van der Waals surface area contributed by atoms with Crippen molar-refractivity contribution in [3.05, 3.63) is 59.2 Å². The van der Waals surface area contributed by atoms with Crippen LogP contribution in [0.1, 0.15) is 54.3 Å². The van der Waals surface area contributed by atoms with E-state index in [-0.39, 0.29) is 17.4 Å². The summed E-state index contributed by atoms with van der Waals surface area (Å²) in [4.78, 5) is 14.0. The molecule has 0 aromatic heterocycles. The molecule has 2 aromatic carbocycles. The molecular weight excluding hydrogens is 376 g/mol.